The predicted octanol–water partition coefficient (Wildman–Crippen LogP) is 4.77. The Bertz CT molecular complexity index is 1030. The zero-order valence-corrected chi connectivity index (χ0v) is 19.3. The molecular weight excluding hydrogens is 404 g/mol. The molecule has 154 valence electrons. The van der Waals surface area contributed by atoms with Crippen LogP contribution in [0.4, 0.5) is 0 Å². The normalized spacial score (nSPS) is 11.8. The molecule has 0 aromatic carbocycles. The smallest absolute Gasteiger partial charge is 0.254 e. The molecule has 0 aliphatic carbocycles. The van der Waals surface area contributed by atoms with Crippen LogP contribution < -0.4 is 0 Å². The van der Waals surface area contributed by atoms with Gasteiger partial charge in [0.15, 0.2) is 0 Å². The van der Waals surface area contributed by atoms with Crippen LogP contribution in [0.15, 0.2) is 36.9 Å². The highest BCUT2D eigenvalue weighted by atomic mass is 35.5. The number of carbonyl (C=O) groups excluding carboxylic acids is 1. The number of aromatic nitrogens is 3. The highest BCUT2D eigenvalue weighted by molar-refractivity contribution is 6.76. The maximum Gasteiger partial charge on any atom is 0.254 e. The summed E-state index contributed by atoms with van der Waals surface area (Å²) >= 11 is 6.69. The molecule has 0 unspecified atom stereocenters. The van der Waals surface area contributed by atoms with Crippen molar-refractivity contribution < 1.29 is 9.53 Å². The third kappa shape index (κ3) is 5.04. The van der Waals surface area contributed by atoms with E-state index in [1.54, 1.807) is 38.8 Å². The van der Waals surface area contributed by atoms with Gasteiger partial charge in [0.25, 0.3) is 5.91 Å². The van der Waals surface area contributed by atoms with Crippen molar-refractivity contribution in [2.45, 2.75) is 32.4 Å². The Hall–Kier alpha value is -2.22. The average molecular weight is 431 g/mol. The van der Waals surface area contributed by atoms with E-state index in [0.717, 1.165) is 34.8 Å². The number of pyridine rings is 2. The summed E-state index contributed by atoms with van der Waals surface area (Å²) in [5.74, 6) is -0.105. The van der Waals surface area contributed by atoms with E-state index in [9.17, 15) is 4.79 Å². The summed E-state index contributed by atoms with van der Waals surface area (Å²) < 4.78 is 7.80. The standard InChI is InChI=1S/C21H27ClN4O2Si/c1-25(2)21(27)16-10-15(11-23-12-16)18-13-24-20-17(19(18)22)6-7-26(20)14-28-8-9-29(3,4)5/h6-7,10-13H,8-9,14H2,1-5H3. The van der Waals surface area contributed by atoms with Crippen molar-refractivity contribution in [3.05, 3.63) is 47.5 Å². The van der Waals surface area contributed by atoms with Gasteiger partial charge >= 0.3 is 0 Å². The third-order valence-corrected chi connectivity index (χ3v) is 6.76. The number of hydrogen-bond acceptors (Lipinski definition) is 4. The van der Waals surface area contributed by atoms with Crippen molar-refractivity contribution in [1.82, 2.24) is 19.4 Å². The maximum atomic E-state index is 12.2. The number of fused-ring (bicyclic) bond motifs is 1. The summed E-state index contributed by atoms with van der Waals surface area (Å²) in [6.45, 7) is 8.20. The zero-order valence-electron chi connectivity index (χ0n) is 17.6. The lowest BCUT2D eigenvalue weighted by Crippen LogP contribution is -2.22. The Labute approximate surface area is 177 Å². The molecule has 3 heterocycles. The first-order valence-electron chi connectivity index (χ1n) is 9.55. The molecule has 0 atom stereocenters. The summed E-state index contributed by atoms with van der Waals surface area (Å²) in [7, 11) is 2.31. The van der Waals surface area contributed by atoms with E-state index in [1.807, 2.05) is 16.8 Å². The van der Waals surface area contributed by atoms with Crippen LogP contribution in [0.25, 0.3) is 22.2 Å². The van der Waals surface area contributed by atoms with Crippen molar-refractivity contribution >= 4 is 36.6 Å². The monoisotopic (exact) mass is 430 g/mol. The molecule has 0 aliphatic heterocycles. The minimum Gasteiger partial charge on any atom is -0.361 e. The lowest BCUT2D eigenvalue weighted by atomic mass is 10.1. The zero-order chi connectivity index (χ0) is 21.2. The van der Waals surface area contributed by atoms with Crippen LogP contribution in [0.5, 0.6) is 0 Å². The second kappa shape index (κ2) is 8.65. The quantitative estimate of drug-likeness (QED) is 0.400. The highest BCUT2D eigenvalue weighted by Crippen LogP contribution is 2.33. The van der Waals surface area contributed by atoms with Crippen molar-refractivity contribution in [3.63, 3.8) is 0 Å². The second-order valence-electron chi connectivity index (χ2n) is 8.52. The van der Waals surface area contributed by atoms with Gasteiger partial charge < -0.3 is 14.2 Å². The summed E-state index contributed by atoms with van der Waals surface area (Å²) in [5, 5.41) is 1.44. The summed E-state index contributed by atoms with van der Waals surface area (Å²) in [6.07, 6.45) is 6.91. The predicted molar refractivity (Wildman–Crippen MR) is 120 cm³/mol. The first-order valence-corrected chi connectivity index (χ1v) is 13.6. The Balaban J connectivity index is 1.85. The Morgan fingerprint density at radius 2 is 2.00 bits per heavy atom. The van der Waals surface area contributed by atoms with Crippen LogP contribution in [0.2, 0.25) is 30.7 Å². The molecule has 3 aromatic rings. The maximum absolute atomic E-state index is 12.2. The van der Waals surface area contributed by atoms with Gasteiger partial charge in [-0.05, 0) is 18.2 Å². The van der Waals surface area contributed by atoms with Gasteiger partial charge in [-0.25, -0.2) is 4.98 Å². The molecule has 1 amide bonds. The van der Waals surface area contributed by atoms with Crippen LogP contribution >= 0.6 is 11.6 Å². The molecule has 0 bridgehead atoms. The number of halogens is 1. The minimum absolute atomic E-state index is 0.105. The third-order valence-electron chi connectivity index (χ3n) is 4.65. The summed E-state index contributed by atoms with van der Waals surface area (Å²) in [5.41, 5.74) is 2.80. The van der Waals surface area contributed by atoms with Gasteiger partial charge in [-0.3, -0.25) is 9.78 Å². The van der Waals surface area contributed by atoms with Gasteiger partial charge in [-0.2, -0.15) is 0 Å². The first kappa shape index (κ1) is 21.5. The van der Waals surface area contributed by atoms with Crippen LogP contribution in [0.3, 0.4) is 0 Å². The molecule has 0 aliphatic rings. The molecule has 0 fully saturated rings. The van der Waals surface area contributed by atoms with Crippen molar-refractivity contribution in [1.29, 1.82) is 0 Å². The fraction of sp³-hybridized carbons (Fsp3) is 0.381. The SMILES string of the molecule is CN(C)C(=O)c1cncc(-c2cnc3c(ccn3COCC[Si](C)(C)C)c2Cl)c1. The molecule has 3 rings (SSSR count). The van der Waals surface area contributed by atoms with Crippen molar-refractivity contribution in [2.75, 3.05) is 20.7 Å². The summed E-state index contributed by atoms with van der Waals surface area (Å²) in [6, 6.07) is 4.86. The Kier molecular flexibility index (Phi) is 6.41. The molecule has 8 heteroatoms. The molecule has 0 radical (unpaired) electrons. The van der Waals surface area contributed by atoms with Crippen LogP contribution in [-0.4, -0.2) is 54.1 Å². The fourth-order valence-electron chi connectivity index (χ4n) is 2.92. The van der Waals surface area contributed by atoms with Crippen LogP contribution in [-0.2, 0) is 11.5 Å². The van der Waals surface area contributed by atoms with Crippen LogP contribution in [0, 0.1) is 0 Å². The average Bonchev–Trinajstić information content (AvgIpc) is 3.08. The number of nitrogens with zero attached hydrogens (tertiary/aromatic N) is 4. The van der Waals surface area contributed by atoms with Crippen molar-refractivity contribution in [2.24, 2.45) is 0 Å². The van der Waals surface area contributed by atoms with Gasteiger partial charge in [0, 0.05) is 70.1 Å². The number of ether oxygens (including phenoxy) is 1. The van der Waals surface area contributed by atoms with Gasteiger partial charge in [0.2, 0.25) is 0 Å². The van der Waals surface area contributed by atoms with Crippen molar-refractivity contribution in [3.8, 4) is 11.1 Å². The fourth-order valence-corrected chi connectivity index (χ4v) is 3.98. The Morgan fingerprint density at radius 3 is 2.69 bits per heavy atom. The lowest BCUT2D eigenvalue weighted by Gasteiger charge is -2.15. The van der Waals surface area contributed by atoms with E-state index in [1.165, 1.54) is 4.90 Å². The van der Waals surface area contributed by atoms with E-state index in [2.05, 4.69) is 29.6 Å². The molecular formula is C21H27ClN4O2Si. The van der Waals surface area contributed by atoms with E-state index < -0.39 is 8.07 Å². The number of carbonyl (C=O) groups is 1. The molecule has 6 nitrogen and oxygen atoms in total. The first-order chi connectivity index (χ1) is 13.7. The van der Waals surface area contributed by atoms with Crippen LogP contribution in [0.1, 0.15) is 10.4 Å². The Morgan fingerprint density at radius 1 is 1.24 bits per heavy atom. The molecule has 0 saturated heterocycles. The van der Waals surface area contributed by atoms with Gasteiger partial charge in [0.1, 0.15) is 12.4 Å². The molecule has 29 heavy (non-hydrogen) atoms. The molecule has 3 aromatic heterocycles. The number of amides is 1. The van der Waals surface area contributed by atoms with E-state index in [4.69, 9.17) is 16.3 Å². The minimum atomic E-state index is -1.11. The molecule has 0 saturated carbocycles. The van der Waals surface area contributed by atoms with Gasteiger partial charge in [-0.1, -0.05) is 31.2 Å². The van der Waals surface area contributed by atoms with E-state index >= 15 is 0 Å². The largest absolute Gasteiger partial charge is 0.361 e. The summed E-state index contributed by atoms with van der Waals surface area (Å²) in [4.78, 5) is 22.6. The molecule has 0 N–H and O–H groups in total. The second-order valence-corrected chi connectivity index (χ2v) is 14.5. The number of hydrogen-bond donors (Lipinski definition) is 0. The molecule has 0 spiro atoms. The lowest BCUT2D eigenvalue weighted by molar-refractivity contribution is 0.0827. The van der Waals surface area contributed by atoms with Gasteiger partial charge in [0.05, 0.1) is 10.6 Å². The van der Waals surface area contributed by atoms with E-state index in [-0.39, 0.29) is 5.91 Å². The number of rotatable bonds is 7. The topological polar surface area (TPSA) is 60.2 Å². The highest BCUT2D eigenvalue weighted by Gasteiger charge is 2.16. The van der Waals surface area contributed by atoms with Gasteiger partial charge in [-0.15, -0.1) is 0 Å². The van der Waals surface area contributed by atoms with E-state index in [0.29, 0.717) is 17.3 Å².